The van der Waals surface area contributed by atoms with Gasteiger partial charge in [0.15, 0.2) is 105 Å². The van der Waals surface area contributed by atoms with Crippen molar-refractivity contribution in [2.75, 3.05) is 29.5 Å². The van der Waals surface area contributed by atoms with Gasteiger partial charge < -0.3 is 60.5 Å². The predicted octanol–water partition coefficient (Wildman–Crippen LogP) is 19.1. The minimum absolute atomic E-state index is 0.174. The lowest BCUT2D eigenvalue weighted by molar-refractivity contribution is 0.525. The summed E-state index contributed by atoms with van der Waals surface area (Å²) in [5.74, 6) is 12.7. The number of hydrogen-bond donors (Lipinski definition) is 7. The zero-order valence-corrected chi connectivity index (χ0v) is 76.9. The minimum Gasteiger partial charge on any atom is -0.445 e. The number of fused-ring (bicyclic) bond motifs is 5. The van der Waals surface area contributed by atoms with Crippen LogP contribution in [0.1, 0.15) is 105 Å². The maximum atomic E-state index is 7.98. The topological polar surface area (TPSA) is 387 Å². The molecule has 11 N–H and O–H groups in total. The van der Waals surface area contributed by atoms with Gasteiger partial charge >= 0.3 is 0 Å². The summed E-state index contributed by atoms with van der Waals surface area (Å²) in [7, 11) is 0. The summed E-state index contributed by atoms with van der Waals surface area (Å²) in [5.41, 5.74) is 38.8. The molecule has 0 amide bonds. The molecule has 0 fully saturated rings. The van der Waals surface area contributed by atoms with Gasteiger partial charge in [0.25, 0.3) is 0 Å². The number of benzene rings is 5. The first kappa shape index (κ1) is 93.0. The number of aryl methyl sites for hydroxylation is 11. The Hall–Kier alpha value is -12.1. The number of halogens is 3. The molecular formula is C90H92Cl3N27OS5. The number of unbranched alkanes of at least 4 members (excludes halogenated alkanes) is 4. The highest BCUT2D eigenvalue weighted by Gasteiger charge is 2.23. The molecule has 0 aliphatic carbocycles. The van der Waals surface area contributed by atoms with Gasteiger partial charge in [-0.15, -0.1) is 49.4 Å². The van der Waals surface area contributed by atoms with E-state index in [1.807, 2.05) is 77.6 Å². The highest BCUT2D eigenvalue weighted by molar-refractivity contribution is 8.00. The normalized spacial score (nSPS) is 11.0. The second-order valence-electron chi connectivity index (χ2n) is 29.1. The van der Waals surface area contributed by atoms with Crippen molar-refractivity contribution >= 4 is 173 Å². The van der Waals surface area contributed by atoms with E-state index in [9.17, 15) is 0 Å². The van der Waals surface area contributed by atoms with Crippen molar-refractivity contribution < 1.29 is 4.42 Å². The summed E-state index contributed by atoms with van der Waals surface area (Å²) in [4.78, 5) is 73.6. The summed E-state index contributed by atoms with van der Waals surface area (Å²) >= 11 is 26.6. The van der Waals surface area contributed by atoms with E-state index < -0.39 is 0 Å². The quantitative estimate of drug-likeness (QED) is 0.0177. The molecule has 126 heavy (non-hydrogen) atoms. The molecule has 644 valence electrons. The Kier molecular flexibility index (Phi) is 33.0. The SMILES string of the molecule is C#CCCCn1c(Sc2cc(C)ccc2C)nc2c(N)ncnc21.C#CCCCn1c(Sc2cc(C)ccc2C)nc2c(N)ncnc21.C#CCCCn1c(Sc2cc(C)ccc2Cl)nc2c(N)ncnc21.C#CCCCn1cnc(=N)c2[nH]c(Sc3cc(C)ccc3Cl)nc21.CC(C)NCCCn1c(Sc2cc(Cl)cc(-c3ncco3)c2)nc2c(N)ncnc21. The van der Waals surface area contributed by atoms with E-state index in [1.54, 1.807) is 36.0 Å². The lowest BCUT2D eigenvalue weighted by Gasteiger charge is -2.11. The van der Waals surface area contributed by atoms with Crippen LogP contribution in [0.15, 0.2) is 190 Å². The predicted molar refractivity (Wildman–Crippen MR) is 508 cm³/mol. The third kappa shape index (κ3) is 24.1. The maximum Gasteiger partial charge on any atom is 0.225 e. The number of oxazole rings is 1. The molecule has 36 heteroatoms. The van der Waals surface area contributed by atoms with Gasteiger partial charge in [-0.05, 0) is 180 Å². The van der Waals surface area contributed by atoms with Crippen molar-refractivity contribution in [1.29, 1.82) is 5.41 Å². The van der Waals surface area contributed by atoms with Crippen molar-refractivity contribution in [3.05, 3.63) is 189 Å². The maximum absolute atomic E-state index is 7.98. The van der Waals surface area contributed by atoms with Crippen molar-refractivity contribution in [2.24, 2.45) is 0 Å². The first-order valence-electron chi connectivity index (χ1n) is 40.0. The zero-order valence-electron chi connectivity index (χ0n) is 70.5. The Bertz CT molecular complexity index is 6400. The van der Waals surface area contributed by atoms with Gasteiger partial charge in [0.2, 0.25) is 5.89 Å². The Morgan fingerprint density at radius 3 is 1.27 bits per heavy atom. The highest BCUT2D eigenvalue weighted by atomic mass is 35.5. The number of nitrogen functional groups attached to an aromatic ring is 4. The number of H-pyrrole nitrogens is 1. The molecule has 28 nitrogen and oxygen atoms in total. The fraction of sp³-hybridized carbons (Fsp3) is 0.267. The number of aromatic nitrogens is 21. The Balaban J connectivity index is 0.000000144. The highest BCUT2D eigenvalue weighted by Crippen LogP contribution is 2.41. The van der Waals surface area contributed by atoms with Gasteiger partial charge in [-0.25, -0.2) is 74.8 Å². The number of imidazole rings is 5. The first-order valence-corrected chi connectivity index (χ1v) is 45.2. The molecule has 11 aromatic heterocycles. The fourth-order valence-corrected chi connectivity index (χ4v) is 18.6. The molecule has 0 radical (unpaired) electrons. The van der Waals surface area contributed by atoms with Crippen LogP contribution in [0.25, 0.3) is 67.3 Å². The second kappa shape index (κ2) is 44.7. The summed E-state index contributed by atoms with van der Waals surface area (Å²) < 4.78 is 15.6. The molecule has 0 bridgehead atoms. The molecule has 0 spiro atoms. The van der Waals surface area contributed by atoms with E-state index in [2.05, 4.69) is 195 Å². The number of nitrogens with one attached hydrogen (secondary N) is 3. The lowest BCUT2D eigenvalue weighted by atomic mass is 10.2. The van der Waals surface area contributed by atoms with Crippen molar-refractivity contribution in [3.8, 4) is 60.8 Å². The van der Waals surface area contributed by atoms with Crippen LogP contribution in [0.5, 0.6) is 0 Å². The first-order chi connectivity index (χ1) is 60.9. The standard InChI is InChI=1S/C20H22ClN7OS.2C18H19N5S.2C17H16ClN5S/c1-12(2)23-4-3-6-28-18-16(17(22)25-11-26-18)27-20(28)30-15-9-13(8-14(21)10-15)19-24-5-7-29-19;2*1-4-5-6-9-23-17-15(16(19)20-11-21-17)22-18(23)24-14-10-12(2)7-8-13(14)3;1-3-4-5-8-23-10-20-15(19)14-16(23)22-17(21-14)24-13-9-11(2)6-7-12(13)18;1-3-4-5-8-23-16-14(15(19)20-10-21-16)22-17(23)24-13-9-11(2)6-7-12(13)18/h5,7-12,23H,3-4,6H2,1-2H3,(H2,22,25,26);2*1,7-8,10-11H,5-6,9H2,2-3H3,(H2,19,20,21);1,6-7,9-10,19H,4-5,8H2,2H3,(H,21,22);1,6-7,9-10H,4-5,8H2,2H3,(H2,19,20,21). The molecule has 16 aromatic rings. The lowest BCUT2D eigenvalue weighted by Crippen LogP contribution is -2.24. The van der Waals surface area contributed by atoms with Crippen molar-refractivity contribution in [3.63, 3.8) is 0 Å². The number of rotatable bonds is 28. The molecule has 5 aromatic carbocycles. The van der Waals surface area contributed by atoms with Gasteiger partial charge in [0, 0.05) is 99.5 Å². The van der Waals surface area contributed by atoms with Crippen LogP contribution in [-0.4, -0.2) is 115 Å². The molecule has 16 rings (SSSR count). The Morgan fingerprint density at radius 2 is 0.849 bits per heavy atom. The van der Waals surface area contributed by atoms with Crippen LogP contribution in [0.3, 0.4) is 0 Å². The third-order valence-corrected chi connectivity index (χ3v) is 25.3. The van der Waals surface area contributed by atoms with Crippen molar-refractivity contribution in [1.82, 2.24) is 108 Å². The van der Waals surface area contributed by atoms with Gasteiger partial charge in [0.05, 0.1) is 22.6 Å². The van der Waals surface area contributed by atoms with Crippen LogP contribution in [-0.2, 0) is 32.7 Å². The molecular weight excluding hydrogens is 1740 g/mol. The second-order valence-corrected chi connectivity index (χ2v) is 35.4. The van der Waals surface area contributed by atoms with Crippen LogP contribution < -0.4 is 33.7 Å². The summed E-state index contributed by atoms with van der Waals surface area (Å²) in [6, 6.07) is 30.7. The van der Waals surface area contributed by atoms with Crippen LogP contribution in [0.2, 0.25) is 15.1 Å². The number of nitrogens with two attached hydrogens (primary N) is 4. The van der Waals surface area contributed by atoms with Crippen LogP contribution in [0, 0.1) is 96.3 Å². The zero-order chi connectivity index (χ0) is 89.5. The molecule has 0 saturated heterocycles. The van der Waals surface area contributed by atoms with Gasteiger partial charge in [-0.1, -0.05) is 132 Å². The third-order valence-electron chi connectivity index (χ3n) is 19.0. The van der Waals surface area contributed by atoms with E-state index in [1.165, 1.54) is 98.9 Å². The minimum atomic E-state index is 0.174. The fourth-order valence-electron chi connectivity index (χ4n) is 12.7. The van der Waals surface area contributed by atoms with Crippen LogP contribution in [0.4, 0.5) is 23.3 Å². The molecule has 0 atom stereocenters. The van der Waals surface area contributed by atoms with E-state index in [0.29, 0.717) is 133 Å². The Labute approximate surface area is 766 Å². The summed E-state index contributed by atoms with van der Waals surface area (Å²) in [6.45, 7) is 21.3. The molecule has 0 aliphatic rings. The number of anilines is 4. The summed E-state index contributed by atoms with van der Waals surface area (Å²) in [5, 5.41) is 17.3. The molecule has 0 aliphatic heterocycles. The number of terminal acetylenes is 4. The number of hydrogen-bond acceptors (Lipinski definition) is 27. The molecule has 11 heterocycles. The van der Waals surface area contributed by atoms with E-state index in [0.717, 1.165) is 127 Å². The number of nitrogens with zero attached hydrogens (tertiary/aromatic N) is 20. The largest absolute Gasteiger partial charge is 0.445 e. The van der Waals surface area contributed by atoms with Crippen molar-refractivity contribution in [2.45, 2.75) is 202 Å². The number of aromatic amines is 1. The molecule has 0 unspecified atom stereocenters. The van der Waals surface area contributed by atoms with Gasteiger partial charge in [0.1, 0.15) is 37.1 Å². The summed E-state index contributed by atoms with van der Waals surface area (Å²) in [6.07, 6.45) is 39.2. The van der Waals surface area contributed by atoms with Gasteiger partial charge in [-0.2, -0.15) is 0 Å². The average molecular weight is 1830 g/mol. The van der Waals surface area contributed by atoms with E-state index >= 15 is 0 Å². The average Bonchev–Trinajstić information content (AvgIpc) is 1.65. The van der Waals surface area contributed by atoms with Gasteiger partial charge in [-0.3, -0.25) is 5.41 Å². The Morgan fingerprint density at radius 1 is 0.452 bits per heavy atom. The molecule has 0 saturated carbocycles. The van der Waals surface area contributed by atoms with E-state index in [-0.39, 0.29) is 5.49 Å². The smallest absolute Gasteiger partial charge is 0.225 e. The van der Waals surface area contributed by atoms with E-state index in [4.69, 9.17) is 98.2 Å². The monoisotopic (exact) mass is 1830 g/mol. The van der Waals surface area contributed by atoms with Crippen LogP contribution >= 0.6 is 93.6 Å².